The predicted octanol–water partition coefficient (Wildman–Crippen LogP) is 1.69. The Labute approximate surface area is 59.3 Å². The van der Waals surface area contributed by atoms with E-state index >= 15 is 0 Å². The lowest BCUT2D eigenvalue weighted by Crippen LogP contribution is -1.81. The zero-order chi connectivity index (χ0) is 6.97. The Hall–Kier alpha value is -1.02. The van der Waals surface area contributed by atoms with Gasteiger partial charge in [-0.15, -0.1) is 0 Å². The minimum Gasteiger partial charge on any atom is -0.337 e. The molecular weight excluding hydrogens is 128 g/mol. The van der Waals surface area contributed by atoms with Crippen molar-refractivity contribution in [1.29, 1.82) is 0 Å². The minimum atomic E-state index is 0.551. The maximum Gasteiger partial charge on any atom is 0.171 e. The van der Waals surface area contributed by atoms with Crippen molar-refractivity contribution in [2.75, 3.05) is 0 Å². The minimum absolute atomic E-state index is 0.551. The van der Waals surface area contributed by atoms with Gasteiger partial charge < -0.3 is 4.89 Å². The lowest BCUT2D eigenvalue weighted by Gasteiger charge is -1.94. The Morgan fingerprint density at radius 1 is 1.40 bits per heavy atom. The molecule has 0 amide bonds. The van der Waals surface area contributed by atoms with Crippen LogP contribution in [-0.2, 0) is 11.5 Å². The summed E-state index contributed by atoms with van der Waals surface area (Å²) in [5.74, 6) is 0.799. The molecule has 0 aliphatic carbocycles. The van der Waals surface area contributed by atoms with Crippen molar-refractivity contribution in [2.24, 2.45) is 0 Å². The van der Waals surface area contributed by atoms with E-state index in [1.807, 2.05) is 18.2 Å². The third-order valence-corrected chi connectivity index (χ3v) is 1.49. The fourth-order valence-electron chi connectivity index (χ4n) is 0.952. The summed E-state index contributed by atoms with van der Waals surface area (Å²) in [4.78, 5) is 9.58. The lowest BCUT2D eigenvalue weighted by molar-refractivity contribution is -0.194. The SMILES string of the molecule is [CH2]c1ccc2c(c1)OOC2. The summed E-state index contributed by atoms with van der Waals surface area (Å²) in [7, 11) is 0. The topological polar surface area (TPSA) is 18.5 Å². The van der Waals surface area contributed by atoms with Gasteiger partial charge in [0.05, 0.1) is 0 Å². The number of fused-ring (bicyclic) bond motifs is 1. The molecule has 1 radical (unpaired) electrons. The van der Waals surface area contributed by atoms with Gasteiger partial charge in [-0.25, -0.2) is 0 Å². The second-order valence-corrected chi connectivity index (χ2v) is 2.29. The highest BCUT2D eigenvalue weighted by Crippen LogP contribution is 2.26. The van der Waals surface area contributed by atoms with Crippen molar-refractivity contribution in [3.8, 4) is 5.75 Å². The highest BCUT2D eigenvalue weighted by Gasteiger charge is 2.12. The fraction of sp³-hybridized carbons (Fsp3) is 0.125. The normalized spacial score (nSPS) is 14.5. The second-order valence-electron chi connectivity index (χ2n) is 2.29. The monoisotopic (exact) mass is 135 g/mol. The van der Waals surface area contributed by atoms with E-state index in [9.17, 15) is 0 Å². The summed E-state index contributed by atoms with van der Waals surface area (Å²) in [6, 6.07) is 5.77. The molecule has 1 aliphatic heterocycles. The molecule has 0 N–H and O–H groups in total. The Bertz CT molecular complexity index is 255. The van der Waals surface area contributed by atoms with Gasteiger partial charge in [-0.3, -0.25) is 0 Å². The first-order chi connectivity index (χ1) is 4.86. The molecule has 0 saturated heterocycles. The van der Waals surface area contributed by atoms with Crippen molar-refractivity contribution < 1.29 is 9.78 Å². The molecular formula is C8H7O2. The third kappa shape index (κ3) is 0.772. The van der Waals surface area contributed by atoms with Crippen LogP contribution in [0, 0.1) is 6.92 Å². The molecule has 0 spiro atoms. The van der Waals surface area contributed by atoms with E-state index in [0.717, 1.165) is 16.9 Å². The van der Waals surface area contributed by atoms with Gasteiger partial charge in [0.25, 0.3) is 0 Å². The van der Waals surface area contributed by atoms with Crippen molar-refractivity contribution >= 4 is 0 Å². The molecule has 1 aromatic carbocycles. The Kier molecular flexibility index (Phi) is 1.14. The van der Waals surface area contributed by atoms with Crippen LogP contribution in [0.3, 0.4) is 0 Å². The van der Waals surface area contributed by atoms with Gasteiger partial charge >= 0.3 is 0 Å². The molecule has 10 heavy (non-hydrogen) atoms. The van der Waals surface area contributed by atoms with Crippen LogP contribution >= 0.6 is 0 Å². The summed E-state index contributed by atoms with van der Waals surface area (Å²) in [5, 5.41) is 0. The summed E-state index contributed by atoms with van der Waals surface area (Å²) in [6.45, 7) is 4.31. The van der Waals surface area contributed by atoms with Crippen LogP contribution in [0.2, 0.25) is 0 Å². The van der Waals surface area contributed by atoms with Gasteiger partial charge in [0.1, 0.15) is 6.61 Å². The van der Waals surface area contributed by atoms with E-state index in [4.69, 9.17) is 9.78 Å². The maximum absolute atomic E-state index is 4.84. The first kappa shape index (κ1) is 5.74. The van der Waals surface area contributed by atoms with Crippen LogP contribution in [0.5, 0.6) is 5.75 Å². The molecule has 0 atom stereocenters. The molecule has 1 heterocycles. The molecule has 2 rings (SSSR count). The standard InChI is InChI=1S/C8H7O2/c1-6-2-3-7-5-9-10-8(7)4-6/h2-4H,1,5H2. The summed E-state index contributed by atoms with van der Waals surface area (Å²) in [5.41, 5.74) is 2.04. The van der Waals surface area contributed by atoms with Crippen molar-refractivity contribution in [3.05, 3.63) is 36.2 Å². The van der Waals surface area contributed by atoms with E-state index in [-0.39, 0.29) is 0 Å². The van der Waals surface area contributed by atoms with Gasteiger partial charge in [0, 0.05) is 5.56 Å². The highest BCUT2D eigenvalue weighted by molar-refractivity contribution is 5.38. The molecule has 51 valence electrons. The largest absolute Gasteiger partial charge is 0.337 e. The first-order valence-electron chi connectivity index (χ1n) is 3.10. The second kappa shape index (κ2) is 1.99. The Morgan fingerprint density at radius 3 is 3.20 bits per heavy atom. The maximum atomic E-state index is 4.84. The van der Waals surface area contributed by atoms with Crippen LogP contribution in [-0.4, -0.2) is 0 Å². The van der Waals surface area contributed by atoms with E-state index in [1.54, 1.807) is 0 Å². The molecule has 1 aliphatic rings. The number of rotatable bonds is 0. The molecule has 1 aromatic rings. The average Bonchev–Trinajstić information content (AvgIpc) is 2.33. The Morgan fingerprint density at radius 2 is 2.30 bits per heavy atom. The van der Waals surface area contributed by atoms with E-state index < -0.39 is 0 Å². The summed E-state index contributed by atoms with van der Waals surface area (Å²) >= 11 is 0. The predicted molar refractivity (Wildman–Crippen MR) is 36.3 cm³/mol. The Balaban J connectivity index is 2.52. The van der Waals surface area contributed by atoms with E-state index in [2.05, 4.69) is 6.92 Å². The average molecular weight is 135 g/mol. The van der Waals surface area contributed by atoms with Crippen LogP contribution in [0.4, 0.5) is 0 Å². The highest BCUT2D eigenvalue weighted by atomic mass is 17.2. The molecule has 0 saturated carbocycles. The molecule has 0 bridgehead atoms. The molecule has 2 nitrogen and oxygen atoms in total. The molecule has 0 aromatic heterocycles. The summed E-state index contributed by atoms with van der Waals surface area (Å²) < 4.78 is 0. The molecule has 0 fully saturated rings. The zero-order valence-corrected chi connectivity index (χ0v) is 5.46. The molecule has 0 unspecified atom stereocenters. The number of hydrogen-bond donors (Lipinski definition) is 0. The van der Waals surface area contributed by atoms with Gasteiger partial charge in [0.15, 0.2) is 5.75 Å². The van der Waals surface area contributed by atoms with E-state index in [1.165, 1.54) is 0 Å². The van der Waals surface area contributed by atoms with Gasteiger partial charge in [-0.1, -0.05) is 12.1 Å². The van der Waals surface area contributed by atoms with Crippen molar-refractivity contribution in [2.45, 2.75) is 6.61 Å². The fourth-order valence-corrected chi connectivity index (χ4v) is 0.952. The van der Waals surface area contributed by atoms with E-state index in [0.29, 0.717) is 6.61 Å². The third-order valence-electron chi connectivity index (χ3n) is 1.49. The van der Waals surface area contributed by atoms with Gasteiger partial charge in [-0.2, -0.15) is 4.89 Å². The van der Waals surface area contributed by atoms with Crippen LogP contribution in [0.15, 0.2) is 18.2 Å². The van der Waals surface area contributed by atoms with Crippen molar-refractivity contribution in [1.82, 2.24) is 0 Å². The first-order valence-corrected chi connectivity index (χ1v) is 3.10. The van der Waals surface area contributed by atoms with Crippen LogP contribution < -0.4 is 4.89 Å². The summed E-state index contributed by atoms with van der Waals surface area (Å²) in [6.07, 6.45) is 0. The van der Waals surface area contributed by atoms with Gasteiger partial charge in [-0.05, 0) is 18.6 Å². The van der Waals surface area contributed by atoms with Crippen LogP contribution in [0.25, 0.3) is 0 Å². The number of hydrogen-bond acceptors (Lipinski definition) is 2. The van der Waals surface area contributed by atoms with Crippen molar-refractivity contribution in [3.63, 3.8) is 0 Å². The van der Waals surface area contributed by atoms with Crippen LogP contribution in [0.1, 0.15) is 11.1 Å². The smallest absolute Gasteiger partial charge is 0.171 e. The zero-order valence-electron chi connectivity index (χ0n) is 5.46. The van der Waals surface area contributed by atoms with Gasteiger partial charge in [0.2, 0.25) is 0 Å². The quantitative estimate of drug-likeness (QED) is 0.504. The molecule has 2 heteroatoms. The number of benzene rings is 1. The lowest BCUT2D eigenvalue weighted by atomic mass is 10.1.